The van der Waals surface area contributed by atoms with Gasteiger partial charge in [0, 0.05) is 23.7 Å². The molecule has 0 fully saturated rings. The van der Waals surface area contributed by atoms with E-state index in [1.54, 1.807) is 6.07 Å². The summed E-state index contributed by atoms with van der Waals surface area (Å²) < 4.78 is 40.3. The Morgan fingerprint density at radius 1 is 0.933 bits per heavy atom. The molecule has 1 heterocycles. The van der Waals surface area contributed by atoms with Gasteiger partial charge in [0.05, 0.1) is 16.8 Å². The summed E-state index contributed by atoms with van der Waals surface area (Å²) >= 11 is 0. The zero-order valence-electron chi connectivity index (χ0n) is 16.2. The number of hydrogen-bond donors (Lipinski definition) is 1. The fourth-order valence-corrected chi connectivity index (χ4v) is 3.49. The van der Waals surface area contributed by atoms with Gasteiger partial charge in [-0.25, -0.2) is 0 Å². The number of halogens is 3. The maximum Gasteiger partial charge on any atom is 0.416 e. The molecule has 0 atom stereocenters. The van der Waals surface area contributed by atoms with Gasteiger partial charge in [-0.3, -0.25) is 4.79 Å². The summed E-state index contributed by atoms with van der Waals surface area (Å²) in [5.41, 5.74) is 3.08. The topological polar surface area (TPSA) is 34.0 Å². The lowest BCUT2D eigenvalue weighted by Crippen LogP contribution is -2.13. The van der Waals surface area contributed by atoms with Gasteiger partial charge in [-0.05, 0) is 42.3 Å². The Labute approximate surface area is 171 Å². The molecular weight excluding hydrogens is 389 g/mol. The molecule has 0 aliphatic heterocycles. The van der Waals surface area contributed by atoms with Gasteiger partial charge in [0.2, 0.25) is 0 Å². The van der Waals surface area contributed by atoms with Crippen LogP contribution < -0.4 is 5.32 Å². The first-order valence-electron chi connectivity index (χ1n) is 9.44. The first-order valence-corrected chi connectivity index (χ1v) is 9.44. The molecular formula is C24H19F3N2O. The minimum absolute atomic E-state index is 0.203. The molecule has 1 amide bonds. The largest absolute Gasteiger partial charge is 0.416 e. The lowest BCUT2D eigenvalue weighted by molar-refractivity contribution is -0.137. The number of anilines is 1. The highest BCUT2D eigenvalue weighted by atomic mass is 19.4. The molecule has 3 aromatic carbocycles. The number of nitrogens with zero attached hydrogens (tertiary/aromatic N) is 1. The minimum atomic E-state index is -4.36. The third-order valence-corrected chi connectivity index (χ3v) is 5.06. The Morgan fingerprint density at radius 3 is 2.30 bits per heavy atom. The lowest BCUT2D eigenvalue weighted by Gasteiger charge is -2.09. The van der Waals surface area contributed by atoms with Crippen LogP contribution in [0.1, 0.15) is 27.0 Å². The van der Waals surface area contributed by atoms with E-state index in [0.717, 1.165) is 34.2 Å². The normalized spacial score (nSPS) is 11.6. The zero-order valence-corrected chi connectivity index (χ0v) is 16.2. The van der Waals surface area contributed by atoms with E-state index in [1.807, 2.05) is 60.2 Å². The van der Waals surface area contributed by atoms with Crippen LogP contribution >= 0.6 is 0 Å². The van der Waals surface area contributed by atoms with Crippen LogP contribution in [0.2, 0.25) is 0 Å². The molecule has 0 aliphatic rings. The molecule has 0 bridgehead atoms. The average molecular weight is 408 g/mol. The van der Waals surface area contributed by atoms with E-state index in [-0.39, 0.29) is 5.91 Å². The van der Waals surface area contributed by atoms with Gasteiger partial charge < -0.3 is 9.88 Å². The van der Waals surface area contributed by atoms with Gasteiger partial charge in [-0.2, -0.15) is 13.2 Å². The maximum atomic E-state index is 12.8. The number of carbonyl (C=O) groups is 1. The summed E-state index contributed by atoms with van der Waals surface area (Å²) in [7, 11) is 0. The summed E-state index contributed by atoms with van der Waals surface area (Å²) in [4.78, 5) is 12.8. The van der Waals surface area contributed by atoms with Crippen molar-refractivity contribution in [1.29, 1.82) is 0 Å². The summed E-state index contributed by atoms with van der Waals surface area (Å²) in [6.45, 7) is 2.27. The van der Waals surface area contributed by atoms with Crippen LogP contribution in [0.3, 0.4) is 0 Å². The van der Waals surface area contributed by atoms with E-state index in [1.165, 1.54) is 12.1 Å². The number of amides is 1. The number of carbonyl (C=O) groups excluding carboxylic acids is 1. The number of rotatable bonds is 4. The van der Waals surface area contributed by atoms with E-state index < -0.39 is 11.7 Å². The number of aromatic nitrogens is 1. The smallest absolute Gasteiger partial charge is 0.341 e. The Balaban J connectivity index is 1.64. The van der Waals surface area contributed by atoms with E-state index in [9.17, 15) is 18.0 Å². The summed E-state index contributed by atoms with van der Waals surface area (Å²) in [5, 5.41) is 3.84. The number of benzene rings is 3. The van der Waals surface area contributed by atoms with E-state index in [2.05, 4.69) is 5.32 Å². The monoisotopic (exact) mass is 408 g/mol. The molecule has 0 aliphatic carbocycles. The fraction of sp³-hybridized carbons (Fsp3) is 0.125. The third kappa shape index (κ3) is 3.94. The fourth-order valence-electron chi connectivity index (χ4n) is 3.49. The quantitative estimate of drug-likeness (QED) is 0.424. The molecule has 0 saturated heterocycles. The lowest BCUT2D eigenvalue weighted by atomic mass is 10.1. The Kier molecular flexibility index (Phi) is 5.08. The number of nitrogens with one attached hydrogen (secondary N) is 1. The van der Waals surface area contributed by atoms with Gasteiger partial charge in [0.15, 0.2) is 0 Å². The average Bonchev–Trinajstić information content (AvgIpc) is 3.05. The van der Waals surface area contributed by atoms with Crippen LogP contribution in [-0.4, -0.2) is 10.5 Å². The van der Waals surface area contributed by atoms with Crippen LogP contribution in [0.15, 0.2) is 79.0 Å². The highest BCUT2D eigenvalue weighted by molar-refractivity contribution is 6.09. The molecule has 4 rings (SSSR count). The molecule has 0 spiro atoms. The second-order valence-corrected chi connectivity index (χ2v) is 7.15. The van der Waals surface area contributed by atoms with Gasteiger partial charge in [0.25, 0.3) is 5.91 Å². The van der Waals surface area contributed by atoms with Gasteiger partial charge in [-0.15, -0.1) is 0 Å². The predicted octanol–water partition coefficient (Wildman–Crippen LogP) is 6.27. The maximum absolute atomic E-state index is 12.8. The van der Waals surface area contributed by atoms with Crippen LogP contribution in [0.5, 0.6) is 0 Å². The molecule has 1 N–H and O–H groups in total. The summed E-state index contributed by atoms with van der Waals surface area (Å²) in [6, 6.07) is 20.1. The van der Waals surface area contributed by atoms with Crippen molar-refractivity contribution in [2.75, 3.05) is 5.32 Å². The Hall–Kier alpha value is -3.54. The van der Waals surface area contributed by atoms with Crippen molar-refractivity contribution in [3.05, 3.63) is 101 Å². The van der Waals surface area contributed by atoms with E-state index in [4.69, 9.17) is 0 Å². The number of hydrogen-bond acceptors (Lipinski definition) is 1. The second kappa shape index (κ2) is 7.71. The highest BCUT2D eigenvalue weighted by Gasteiger charge is 2.29. The van der Waals surface area contributed by atoms with E-state index >= 15 is 0 Å². The number of aryl methyl sites for hydroxylation is 1. The van der Waals surface area contributed by atoms with E-state index in [0.29, 0.717) is 17.8 Å². The standard InChI is InChI=1S/C24H19F3N2O/c1-16-6-2-3-7-19(16)23(30)28-21-15-29(22-9-5-4-8-20(21)22)14-17-10-12-18(13-11-17)24(25,26)27/h2-13,15H,14H2,1H3,(H,28,30). The van der Waals surface area contributed by atoms with Crippen LogP contribution in [-0.2, 0) is 12.7 Å². The van der Waals surface area contributed by atoms with Crippen LogP contribution in [0.25, 0.3) is 10.9 Å². The number of fused-ring (bicyclic) bond motifs is 1. The Morgan fingerprint density at radius 2 is 1.60 bits per heavy atom. The van der Waals surface area contributed by atoms with Crippen molar-refractivity contribution in [3.8, 4) is 0 Å². The zero-order chi connectivity index (χ0) is 21.3. The van der Waals surface area contributed by atoms with Crippen molar-refractivity contribution in [1.82, 2.24) is 4.57 Å². The molecule has 152 valence electrons. The Bertz CT molecular complexity index is 1210. The van der Waals surface area contributed by atoms with Crippen LogP contribution in [0.4, 0.5) is 18.9 Å². The molecule has 0 saturated carbocycles. The van der Waals surface area contributed by atoms with Crippen molar-refractivity contribution in [2.24, 2.45) is 0 Å². The number of alkyl halides is 3. The molecule has 4 aromatic rings. The molecule has 6 heteroatoms. The van der Waals surface area contributed by atoms with Gasteiger partial charge >= 0.3 is 6.18 Å². The van der Waals surface area contributed by atoms with Crippen LogP contribution in [0, 0.1) is 6.92 Å². The third-order valence-electron chi connectivity index (χ3n) is 5.06. The highest BCUT2D eigenvalue weighted by Crippen LogP contribution is 2.30. The molecule has 3 nitrogen and oxygen atoms in total. The first kappa shape index (κ1) is 19.8. The van der Waals surface area contributed by atoms with Crippen molar-refractivity contribution in [2.45, 2.75) is 19.6 Å². The van der Waals surface area contributed by atoms with Gasteiger partial charge in [0.1, 0.15) is 0 Å². The van der Waals surface area contributed by atoms with Crippen molar-refractivity contribution in [3.63, 3.8) is 0 Å². The van der Waals surface area contributed by atoms with Crippen molar-refractivity contribution >= 4 is 22.5 Å². The summed E-state index contributed by atoms with van der Waals surface area (Å²) in [5.74, 6) is -0.203. The predicted molar refractivity (Wildman–Crippen MR) is 112 cm³/mol. The molecule has 0 unspecified atom stereocenters. The number of para-hydroxylation sites is 1. The molecule has 30 heavy (non-hydrogen) atoms. The summed E-state index contributed by atoms with van der Waals surface area (Å²) in [6.07, 6.45) is -2.54. The molecule has 0 radical (unpaired) electrons. The van der Waals surface area contributed by atoms with Gasteiger partial charge in [-0.1, -0.05) is 48.5 Å². The molecule has 1 aromatic heterocycles. The SMILES string of the molecule is Cc1ccccc1C(=O)Nc1cn(Cc2ccc(C(F)(F)F)cc2)c2ccccc12. The van der Waals surface area contributed by atoms with Crippen molar-refractivity contribution < 1.29 is 18.0 Å². The first-order chi connectivity index (χ1) is 14.3. The second-order valence-electron chi connectivity index (χ2n) is 7.15. The minimum Gasteiger partial charge on any atom is -0.341 e.